The molecule has 2 aromatic carbocycles. The topological polar surface area (TPSA) is 35.2 Å². The predicted molar refractivity (Wildman–Crippen MR) is 73.0 cm³/mol. The van der Waals surface area contributed by atoms with Crippen LogP contribution in [0.5, 0.6) is 5.75 Å². The maximum atomic E-state index is 13.6. The summed E-state index contributed by atoms with van der Waals surface area (Å²) in [6.45, 7) is -0.0109. The van der Waals surface area contributed by atoms with E-state index >= 15 is 0 Å². The van der Waals surface area contributed by atoms with Crippen molar-refractivity contribution in [2.24, 2.45) is 5.73 Å². The van der Waals surface area contributed by atoms with Crippen molar-refractivity contribution in [1.29, 1.82) is 0 Å². The van der Waals surface area contributed by atoms with E-state index < -0.39 is 17.5 Å². The smallest absolute Gasteiger partial charge is 0.159 e. The van der Waals surface area contributed by atoms with E-state index in [2.05, 4.69) is 12.2 Å². The molecule has 0 aliphatic carbocycles. The first-order chi connectivity index (χ1) is 9.47. The highest BCUT2D eigenvalue weighted by Gasteiger charge is 2.07. The predicted octanol–water partition coefficient (Wildman–Crippen LogP) is 3.32. The van der Waals surface area contributed by atoms with Gasteiger partial charge in [-0.2, -0.15) is 0 Å². The average molecular weight is 297 g/mol. The molecule has 2 nitrogen and oxygen atoms in total. The van der Waals surface area contributed by atoms with E-state index in [9.17, 15) is 13.2 Å². The van der Waals surface area contributed by atoms with Gasteiger partial charge in [-0.05, 0) is 29.8 Å². The Labute approximate surface area is 119 Å². The fourth-order valence-corrected chi connectivity index (χ4v) is 1.75. The van der Waals surface area contributed by atoms with Crippen LogP contribution >= 0.6 is 12.2 Å². The minimum Gasteiger partial charge on any atom is -0.489 e. The molecule has 2 rings (SSSR count). The van der Waals surface area contributed by atoms with Crippen molar-refractivity contribution in [3.8, 4) is 5.75 Å². The summed E-state index contributed by atoms with van der Waals surface area (Å²) >= 11 is 4.68. The van der Waals surface area contributed by atoms with E-state index in [1.54, 1.807) is 0 Å². The van der Waals surface area contributed by atoms with Crippen molar-refractivity contribution in [3.05, 3.63) is 65.0 Å². The fourth-order valence-electron chi connectivity index (χ4n) is 1.58. The standard InChI is InChI=1S/C14H10F3NOS/c15-11-4-1-8(5-13(11)17)7-19-9-2-3-10(14(18)20)12(16)6-9/h1-6H,7H2,(H2,18,20). The summed E-state index contributed by atoms with van der Waals surface area (Å²) in [4.78, 5) is -0.0466. The van der Waals surface area contributed by atoms with Gasteiger partial charge in [0.15, 0.2) is 11.6 Å². The maximum Gasteiger partial charge on any atom is 0.159 e. The van der Waals surface area contributed by atoms with Crippen LogP contribution in [0.15, 0.2) is 36.4 Å². The molecule has 0 amide bonds. The molecule has 0 aliphatic heterocycles. The van der Waals surface area contributed by atoms with Gasteiger partial charge in [-0.1, -0.05) is 18.3 Å². The number of hydrogen-bond donors (Lipinski definition) is 1. The molecule has 0 fully saturated rings. The SMILES string of the molecule is NC(=S)c1ccc(OCc2ccc(F)c(F)c2)cc1F. The number of nitrogens with two attached hydrogens (primary N) is 1. The van der Waals surface area contributed by atoms with Crippen LogP contribution in [0.3, 0.4) is 0 Å². The maximum absolute atomic E-state index is 13.6. The van der Waals surface area contributed by atoms with Crippen molar-refractivity contribution in [1.82, 2.24) is 0 Å². The summed E-state index contributed by atoms with van der Waals surface area (Å²) in [5.74, 6) is -2.24. The molecule has 6 heteroatoms. The lowest BCUT2D eigenvalue weighted by Crippen LogP contribution is -2.11. The third-order valence-electron chi connectivity index (χ3n) is 2.60. The van der Waals surface area contributed by atoms with Crippen LogP contribution in [0.25, 0.3) is 0 Å². The molecule has 0 spiro atoms. The van der Waals surface area contributed by atoms with Crippen LogP contribution in [0, 0.1) is 17.5 Å². The lowest BCUT2D eigenvalue weighted by Gasteiger charge is -2.08. The molecule has 0 atom stereocenters. The van der Waals surface area contributed by atoms with Crippen molar-refractivity contribution >= 4 is 17.2 Å². The van der Waals surface area contributed by atoms with Crippen LogP contribution in [-0.4, -0.2) is 4.99 Å². The largest absolute Gasteiger partial charge is 0.489 e. The third-order valence-corrected chi connectivity index (χ3v) is 2.82. The first-order valence-electron chi connectivity index (χ1n) is 5.63. The first kappa shape index (κ1) is 14.3. The van der Waals surface area contributed by atoms with Gasteiger partial charge in [0.05, 0.1) is 0 Å². The Morgan fingerprint density at radius 1 is 1.00 bits per heavy atom. The molecule has 0 bridgehead atoms. The number of benzene rings is 2. The lowest BCUT2D eigenvalue weighted by atomic mass is 10.2. The Balaban J connectivity index is 2.09. The summed E-state index contributed by atoms with van der Waals surface area (Å²) < 4.78 is 44.6. The van der Waals surface area contributed by atoms with Gasteiger partial charge in [0.25, 0.3) is 0 Å². The molecule has 20 heavy (non-hydrogen) atoms. The van der Waals surface area contributed by atoms with Gasteiger partial charge in [0.2, 0.25) is 0 Å². The molecule has 0 saturated heterocycles. The van der Waals surface area contributed by atoms with Crippen molar-refractivity contribution < 1.29 is 17.9 Å². The van der Waals surface area contributed by atoms with Crippen LogP contribution in [0.1, 0.15) is 11.1 Å². The van der Waals surface area contributed by atoms with E-state index in [-0.39, 0.29) is 22.9 Å². The Kier molecular flexibility index (Phi) is 4.24. The molecule has 2 aromatic rings. The summed E-state index contributed by atoms with van der Waals surface area (Å²) in [6.07, 6.45) is 0. The summed E-state index contributed by atoms with van der Waals surface area (Å²) in [5, 5.41) is 0. The molecule has 0 heterocycles. The van der Waals surface area contributed by atoms with Crippen molar-refractivity contribution in [2.45, 2.75) is 6.61 Å². The molecule has 104 valence electrons. The minimum atomic E-state index is -0.957. The lowest BCUT2D eigenvalue weighted by molar-refractivity contribution is 0.303. The number of ether oxygens (including phenoxy) is 1. The fraction of sp³-hybridized carbons (Fsp3) is 0.0714. The molecule has 2 N–H and O–H groups in total. The number of thiocarbonyl (C=S) groups is 1. The second-order valence-electron chi connectivity index (χ2n) is 4.04. The summed E-state index contributed by atoms with van der Waals surface area (Å²) in [5.41, 5.74) is 5.89. The summed E-state index contributed by atoms with van der Waals surface area (Å²) in [6, 6.07) is 7.45. The molecule has 0 saturated carbocycles. The van der Waals surface area contributed by atoms with Crippen LogP contribution < -0.4 is 10.5 Å². The van der Waals surface area contributed by atoms with Crippen LogP contribution in [0.4, 0.5) is 13.2 Å². The number of hydrogen-bond acceptors (Lipinski definition) is 2. The van der Waals surface area contributed by atoms with Gasteiger partial charge in [0, 0.05) is 11.6 Å². The van der Waals surface area contributed by atoms with Crippen molar-refractivity contribution in [2.75, 3.05) is 0 Å². The van der Waals surface area contributed by atoms with Crippen LogP contribution in [-0.2, 0) is 6.61 Å². The molecule has 0 aromatic heterocycles. The Hall–Kier alpha value is -2.08. The van der Waals surface area contributed by atoms with Gasteiger partial charge < -0.3 is 10.5 Å². The van der Waals surface area contributed by atoms with Gasteiger partial charge in [-0.3, -0.25) is 0 Å². The van der Waals surface area contributed by atoms with E-state index in [0.717, 1.165) is 18.2 Å². The van der Waals surface area contributed by atoms with Gasteiger partial charge in [-0.25, -0.2) is 13.2 Å². The van der Waals surface area contributed by atoms with E-state index in [4.69, 9.17) is 10.5 Å². The average Bonchev–Trinajstić information content (AvgIpc) is 2.40. The molecule has 0 aliphatic rings. The second kappa shape index (κ2) is 5.92. The summed E-state index contributed by atoms with van der Waals surface area (Å²) in [7, 11) is 0. The van der Waals surface area contributed by atoms with Gasteiger partial charge in [-0.15, -0.1) is 0 Å². The quantitative estimate of drug-likeness (QED) is 0.879. The Morgan fingerprint density at radius 3 is 2.35 bits per heavy atom. The highest BCUT2D eigenvalue weighted by molar-refractivity contribution is 7.80. The Morgan fingerprint density at radius 2 is 1.75 bits per heavy atom. The monoisotopic (exact) mass is 297 g/mol. The molecular weight excluding hydrogens is 287 g/mol. The number of halogens is 3. The minimum absolute atomic E-state index is 0.0109. The number of rotatable bonds is 4. The second-order valence-corrected chi connectivity index (χ2v) is 4.48. The molecular formula is C14H10F3NOS. The molecule has 0 unspecified atom stereocenters. The van der Waals surface area contributed by atoms with Crippen molar-refractivity contribution in [3.63, 3.8) is 0 Å². The first-order valence-corrected chi connectivity index (χ1v) is 6.04. The van der Waals surface area contributed by atoms with Gasteiger partial charge in [0.1, 0.15) is 23.2 Å². The van der Waals surface area contributed by atoms with Gasteiger partial charge >= 0.3 is 0 Å². The zero-order valence-corrected chi connectivity index (χ0v) is 11.0. The molecule has 0 radical (unpaired) electrons. The Bertz CT molecular complexity index is 661. The third kappa shape index (κ3) is 3.27. The van der Waals surface area contributed by atoms with E-state index in [1.165, 1.54) is 18.2 Å². The highest BCUT2D eigenvalue weighted by Crippen LogP contribution is 2.18. The van der Waals surface area contributed by atoms with E-state index in [0.29, 0.717) is 5.56 Å². The normalized spacial score (nSPS) is 10.3. The zero-order valence-electron chi connectivity index (χ0n) is 10.2. The zero-order chi connectivity index (χ0) is 14.7. The van der Waals surface area contributed by atoms with E-state index in [1.807, 2.05) is 0 Å². The van der Waals surface area contributed by atoms with Crippen LogP contribution in [0.2, 0.25) is 0 Å². The highest BCUT2D eigenvalue weighted by atomic mass is 32.1.